The van der Waals surface area contributed by atoms with Gasteiger partial charge in [0, 0.05) is 13.1 Å². The van der Waals surface area contributed by atoms with Crippen LogP contribution in [0, 0.1) is 5.92 Å². The first kappa shape index (κ1) is 15.0. The molecule has 2 fully saturated rings. The van der Waals surface area contributed by atoms with Crippen LogP contribution in [0.15, 0.2) is 0 Å². The van der Waals surface area contributed by atoms with E-state index in [0.717, 1.165) is 0 Å². The Morgan fingerprint density at radius 2 is 2.15 bits per heavy atom. The topological polar surface area (TPSA) is 113 Å². The van der Waals surface area contributed by atoms with E-state index in [9.17, 15) is 18.0 Å². The van der Waals surface area contributed by atoms with Gasteiger partial charge in [0.05, 0.1) is 24.7 Å². The van der Waals surface area contributed by atoms with Gasteiger partial charge in [-0.2, -0.15) is 0 Å². The van der Waals surface area contributed by atoms with Gasteiger partial charge < -0.3 is 20.1 Å². The average molecular weight is 306 g/mol. The highest BCUT2D eigenvalue weighted by molar-refractivity contribution is 7.91. The molecule has 114 valence electrons. The van der Waals surface area contributed by atoms with Gasteiger partial charge in [0.1, 0.15) is 0 Å². The number of carboxylic acids is 1. The molecule has 0 aliphatic carbocycles. The van der Waals surface area contributed by atoms with E-state index in [1.54, 1.807) is 0 Å². The predicted molar refractivity (Wildman–Crippen MR) is 69.1 cm³/mol. The van der Waals surface area contributed by atoms with Crippen LogP contribution in [0.1, 0.15) is 6.42 Å². The van der Waals surface area contributed by atoms with Gasteiger partial charge >= 0.3 is 12.0 Å². The zero-order valence-electron chi connectivity index (χ0n) is 10.9. The van der Waals surface area contributed by atoms with Gasteiger partial charge in [-0.25, -0.2) is 18.0 Å². The van der Waals surface area contributed by atoms with Crippen LogP contribution < -0.4 is 5.32 Å². The zero-order valence-corrected chi connectivity index (χ0v) is 11.8. The van der Waals surface area contributed by atoms with Gasteiger partial charge in [-0.05, 0) is 12.3 Å². The Bertz CT molecular complexity index is 491. The number of morpholine rings is 1. The lowest BCUT2D eigenvalue weighted by molar-refractivity contribution is -0.147. The Balaban J connectivity index is 1.86. The summed E-state index contributed by atoms with van der Waals surface area (Å²) < 4.78 is 27.7. The van der Waals surface area contributed by atoms with Crippen molar-refractivity contribution in [2.24, 2.45) is 5.92 Å². The van der Waals surface area contributed by atoms with E-state index in [-0.39, 0.29) is 37.1 Å². The Morgan fingerprint density at radius 3 is 2.75 bits per heavy atom. The molecular weight excluding hydrogens is 288 g/mol. The summed E-state index contributed by atoms with van der Waals surface area (Å²) in [6, 6.07) is -1.47. The minimum Gasteiger partial charge on any atom is -0.480 e. The van der Waals surface area contributed by atoms with Crippen LogP contribution in [0.4, 0.5) is 4.79 Å². The van der Waals surface area contributed by atoms with Crippen molar-refractivity contribution in [3.8, 4) is 0 Å². The van der Waals surface area contributed by atoms with Crippen molar-refractivity contribution in [1.29, 1.82) is 0 Å². The highest BCUT2D eigenvalue weighted by Gasteiger charge is 2.34. The number of carboxylic acid groups (broad SMARTS) is 1. The predicted octanol–water partition coefficient (Wildman–Crippen LogP) is -1.08. The molecule has 0 spiro atoms. The summed E-state index contributed by atoms with van der Waals surface area (Å²) in [6.07, 6.45) is 0.536. The normalized spacial score (nSPS) is 29.1. The second-order valence-corrected chi connectivity index (χ2v) is 7.31. The van der Waals surface area contributed by atoms with Crippen molar-refractivity contribution in [3.05, 3.63) is 0 Å². The Kier molecular flexibility index (Phi) is 4.48. The van der Waals surface area contributed by atoms with Crippen LogP contribution in [-0.2, 0) is 19.4 Å². The fraction of sp³-hybridized carbons (Fsp3) is 0.818. The van der Waals surface area contributed by atoms with Crippen LogP contribution in [-0.4, -0.2) is 74.3 Å². The number of hydrogen-bond donors (Lipinski definition) is 2. The van der Waals surface area contributed by atoms with E-state index in [1.165, 1.54) is 4.90 Å². The Labute approximate surface area is 117 Å². The van der Waals surface area contributed by atoms with Crippen molar-refractivity contribution in [3.63, 3.8) is 0 Å². The third-order valence-electron chi connectivity index (χ3n) is 3.54. The van der Waals surface area contributed by atoms with Crippen molar-refractivity contribution in [2.45, 2.75) is 12.5 Å². The lowest BCUT2D eigenvalue weighted by Gasteiger charge is -2.33. The first-order valence-electron chi connectivity index (χ1n) is 6.44. The number of urea groups is 1. The van der Waals surface area contributed by atoms with Gasteiger partial charge in [-0.15, -0.1) is 0 Å². The number of aliphatic carboxylic acids is 1. The molecule has 0 radical (unpaired) electrons. The molecular formula is C11H18N2O6S. The molecule has 2 atom stereocenters. The maximum atomic E-state index is 12.0. The molecule has 2 saturated heterocycles. The summed E-state index contributed by atoms with van der Waals surface area (Å²) in [5, 5.41) is 11.6. The molecule has 2 heterocycles. The maximum absolute atomic E-state index is 12.0. The number of rotatable bonds is 3. The molecule has 20 heavy (non-hydrogen) atoms. The molecule has 0 aromatic heterocycles. The third-order valence-corrected chi connectivity index (χ3v) is 5.38. The number of nitrogens with one attached hydrogen (secondary N) is 1. The van der Waals surface area contributed by atoms with E-state index in [0.29, 0.717) is 13.0 Å². The second-order valence-electron chi connectivity index (χ2n) is 5.08. The SMILES string of the molecule is O=C(O)C1COCCN1C(=O)NCC1CCS(=O)(=O)C1. The van der Waals surface area contributed by atoms with Crippen molar-refractivity contribution >= 4 is 21.8 Å². The number of sulfone groups is 1. The minimum atomic E-state index is -2.97. The molecule has 2 aliphatic heterocycles. The van der Waals surface area contributed by atoms with E-state index in [4.69, 9.17) is 9.84 Å². The van der Waals surface area contributed by atoms with Crippen molar-refractivity contribution < 1.29 is 27.9 Å². The highest BCUT2D eigenvalue weighted by Crippen LogP contribution is 2.17. The van der Waals surface area contributed by atoms with Gasteiger partial charge in [0.25, 0.3) is 0 Å². The first-order chi connectivity index (χ1) is 9.39. The first-order valence-corrected chi connectivity index (χ1v) is 8.26. The zero-order chi connectivity index (χ0) is 14.8. The van der Waals surface area contributed by atoms with Gasteiger partial charge in [-0.1, -0.05) is 0 Å². The lowest BCUT2D eigenvalue weighted by atomic mass is 10.1. The summed E-state index contributed by atoms with van der Waals surface area (Å²) in [5.41, 5.74) is 0. The molecule has 2 unspecified atom stereocenters. The number of carbonyl (C=O) groups is 2. The van der Waals surface area contributed by atoms with Crippen LogP contribution in [0.5, 0.6) is 0 Å². The van der Waals surface area contributed by atoms with Gasteiger partial charge in [0.2, 0.25) is 0 Å². The van der Waals surface area contributed by atoms with Gasteiger partial charge in [0.15, 0.2) is 15.9 Å². The molecule has 2 amide bonds. The summed E-state index contributed by atoms with van der Waals surface area (Å²) in [7, 11) is -2.97. The van der Waals surface area contributed by atoms with Gasteiger partial charge in [-0.3, -0.25) is 0 Å². The highest BCUT2D eigenvalue weighted by atomic mass is 32.2. The van der Waals surface area contributed by atoms with E-state index >= 15 is 0 Å². The number of carbonyl (C=O) groups excluding carboxylic acids is 1. The summed E-state index contributed by atoms with van der Waals surface area (Å²) in [5.74, 6) is -0.960. The van der Waals surface area contributed by atoms with Crippen molar-refractivity contribution in [1.82, 2.24) is 10.2 Å². The smallest absolute Gasteiger partial charge is 0.328 e. The minimum absolute atomic E-state index is 0.0272. The molecule has 0 aromatic carbocycles. The molecule has 9 heteroatoms. The lowest BCUT2D eigenvalue weighted by Crippen LogP contribution is -2.56. The van der Waals surface area contributed by atoms with Crippen molar-refractivity contribution in [2.75, 3.05) is 37.8 Å². The Hall–Kier alpha value is -1.35. The third kappa shape index (κ3) is 3.60. The summed E-state index contributed by atoms with van der Waals surface area (Å²) >= 11 is 0. The Morgan fingerprint density at radius 1 is 1.40 bits per heavy atom. The van der Waals surface area contributed by atoms with Crippen LogP contribution in [0.25, 0.3) is 0 Å². The fourth-order valence-electron chi connectivity index (χ4n) is 2.42. The van der Waals surface area contributed by atoms with E-state index in [1.807, 2.05) is 0 Å². The quantitative estimate of drug-likeness (QED) is 0.685. The molecule has 0 aromatic rings. The standard InChI is InChI=1S/C11H18N2O6S/c14-10(15)9-6-19-3-2-13(9)11(16)12-5-8-1-4-20(17,18)7-8/h8-9H,1-7H2,(H,12,16)(H,14,15). The van der Waals surface area contributed by atoms with Crippen LogP contribution >= 0.6 is 0 Å². The molecule has 0 bridgehead atoms. The molecule has 2 aliphatic rings. The van der Waals surface area contributed by atoms with E-state index in [2.05, 4.69) is 5.32 Å². The second kappa shape index (κ2) is 5.96. The molecule has 0 saturated carbocycles. The average Bonchev–Trinajstić information content (AvgIpc) is 2.75. The van der Waals surface area contributed by atoms with Crippen LogP contribution in [0.2, 0.25) is 0 Å². The fourth-order valence-corrected chi connectivity index (χ4v) is 4.28. The summed E-state index contributed by atoms with van der Waals surface area (Å²) in [4.78, 5) is 24.2. The number of amides is 2. The monoisotopic (exact) mass is 306 g/mol. The molecule has 8 nitrogen and oxygen atoms in total. The number of ether oxygens (including phenoxy) is 1. The maximum Gasteiger partial charge on any atom is 0.328 e. The van der Waals surface area contributed by atoms with E-state index < -0.39 is 27.9 Å². The summed E-state index contributed by atoms with van der Waals surface area (Å²) in [6.45, 7) is 0.739. The molecule has 2 rings (SSSR count). The molecule has 2 N–H and O–H groups in total. The largest absolute Gasteiger partial charge is 0.480 e. The van der Waals surface area contributed by atoms with Crippen LogP contribution in [0.3, 0.4) is 0 Å². The number of nitrogens with zero attached hydrogens (tertiary/aromatic N) is 1. The number of hydrogen-bond acceptors (Lipinski definition) is 5.